The number of hydrogen-bond donors (Lipinski definition) is 0. The summed E-state index contributed by atoms with van der Waals surface area (Å²) in [6.45, 7) is 2.78. The van der Waals surface area contributed by atoms with E-state index >= 15 is 0 Å². The van der Waals surface area contributed by atoms with Crippen LogP contribution in [0.4, 0.5) is 0 Å². The second-order valence-corrected chi connectivity index (χ2v) is 4.67. The molecule has 8 heteroatoms. The van der Waals surface area contributed by atoms with Gasteiger partial charge in [0, 0.05) is 20.2 Å². The van der Waals surface area contributed by atoms with E-state index in [-0.39, 0.29) is 18.4 Å². The molecule has 0 N–H and O–H groups in total. The summed E-state index contributed by atoms with van der Waals surface area (Å²) in [4.78, 5) is 24.5. The molecule has 18 heavy (non-hydrogen) atoms. The molecule has 98 valence electrons. The van der Waals surface area contributed by atoms with Gasteiger partial charge >= 0.3 is 0 Å². The van der Waals surface area contributed by atoms with Crippen molar-refractivity contribution in [1.82, 2.24) is 19.6 Å². The Kier molecular flexibility index (Phi) is 3.87. The van der Waals surface area contributed by atoms with E-state index in [1.54, 1.807) is 6.92 Å². The fourth-order valence-corrected chi connectivity index (χ4v) is 2.43. The third kappa shape index (κ3) is 2.34. The second-order valence-electron chi connectivity index (χ2n) is 3.92. The van der Waals surface area contributed by atoms with E-state index in [1.165, 1.54) is 17.1 Å². The molecule has 1 fully saturated rings. The molecule has 2 amide bonds. The molecule has 0 atom stereocenters. The molecule has 2 heterocycles. The molecule has 0 radical (unpaired) electrons. The zero-order valence-corrected chi connectivity index (χ0v) is 11.1. The van der Waals surface area contributed by atoms with Crippen LogP contribution in [-0.2, 0) is 9.53 Å². The van der Waals surface area contributed by atoms with Crippen LogP contribution in [0.5, 0.6) is 0 Å². The first-order valence-electron chi connectivity index (χ1n) is 5.55. The van der Waals surface area contributed by atoms with E-state index in [0.717, 1.165) is 18.0 Å². The average molecular weight is 270 g/mol. The van der Waals surface area contributed by atoms with Gasteiger partial charge in [0.25, 0.3) is 11.8 Å². The minimum absolute atomic E-state index is 0.0241. The fraction of sp³-hybridized carbons (Fsp3) is 0.600. The van der Waals surface area contributed by atoms with Gasteiger partial charge in [0.1, 0.15) is 11.5 Å². The smallest absolute Gasteiger partial charge is 0.286 e. The number of aromatic nitrogens is 2. The van der Waals surface area contributed by atoms with Crippen molar-refractivity contribution >= 4 is 23.3 Å². The Hall–Kier alpha value is -1.54. The van der Waals surface area contributed by atoms with Gasteiger partial charge in [0.2, 0.25) is 0 Å². The molecule has 0 aromatic carbocycles. The summed E-state index contributed by atoms with van der Waals surface area (Å²) in [6.07, 6.45) is 0.770. The standard InChI is InChI=1S/C10H14N4O3S/c1-7-9(18-12-11-7)10(16)14-5-3-4-13(14)8(15)6-17-2/h3-6H2,1-2H3. The van der Waals surface area contributed by atoms with Crippen LogP contribution in [0, 0.1) is 6.92 Å². The molecule has 0 bridgehead atoms. The van der Waals surface area contributed by atoms with Crippen molar-refractivity contribution < 1.29 is 14.3 Å². The number of methoxy groups -OCH3 is 1. The van der Waals surface area contributed by atoms with Crippen LogP contribution in [0.2, 0.25) is 0 Å². The molecule has 1 aliphatic heterocycles. The third-order valence-corrected chi connectivity index (χ3v) is 3.48. The highest BCUT2D eigenvalue weighted by atomic mass is 32.1. The van der Waals surface area contributed by atoms with Crippen LogP contribution in [0.3, 0.4) is 0 Å². The summed E-state index contributed by atoms with van der Waals surface area (Å²) in [5, 5.41) is 6.69. The van der Waals surface area contributed by atoms with E-state index < -0.39 is 0 Å². The molecule has 1 aliphatic rings. The van der Waals surface area contributed by atoms with Gasteiger partial charge in [-0.3, -0.25) is 9.59 Å². The average Bonchev–Trinajstić information content (AvgIpc) is 2.96. The Bertz CT molecular complexity index is 462. The number of nitrogens with zero attached hydrogens (tertiary/aromatic N) is 4. The highest BCUT2D eigenvalue weighted by molar-refractivity contribution is 7.07. The van der Waals surface area contributed by atoms with E-state index in [2.05, 4.69) is 9.59 Å². The van der Waals surface area contributed by atoms with Gasteiger partial charge in [0.15, 0.2) is 0 Å². The van der Waals surface area contributed by atoms with Crippen molar-refractivity contribution in [1.29, 1.82) is 0 Å². The summed E-state index contributed by atoms with van der Waals surface area (Å²) in [5.74, 6) is -0.428. The number of aryl methyl sites for hydroxylation is 1. The molecule has 1 aromatic rings. The third-order valence-electron chi connectivity index (χ3n) is 2.67. The molecule has 1 aromatic heterocycles. The predicted octanol–water partition coefficient (Wildman–Crippen LogP) is 0.0824. The normalized spacial score (nSPS) is 15.2. The first-order chi connectivity index (χ1) is 8.65. The summed E-state index contributed by atoms with van der Waals surface area (Å²) in [7, 11) is 1.46. The highest BCUT2D eigenvalue weighted by Crippen LogP contribution is 2.18. The first-order valence-corrected chi connectivity index (χ1v) is 6.32. The van der Waals surface area contributed by atoms with Gasteiger partial charge in [-0.05, 0) is 24.9 Å². The van der Waals surface area contributed by atoms with Gasteiger partial charge in [-0.2, -0.15) is 0 Å². The minimum atomic E-state index is -0.218. The van der Waals surface area contributed by atoms with E-state index in [9.17, 15) is 9.59 Å². The number of ether oxygens (including phenoxy) is 1. The largest absolute Gasteiger partial charge is 0.375 e. The molecule has 0 aliphatic carbocycles. The van der Waals surface area contributed by atoms with Gasteiger partial charge in [0.05, 0.1) is 5.69 Å². The summed E-state index contributed by atoms with van der Waals surface area (Å²) in [6, 6.07) is 0. The SMILES string of the molecule is COCC(=O)N1CCCN1C(=O)c1snnc1C. The van der Waals surface area contributed by atoms with Gasteiger partial charge in [-0.15, -0.1) is 5.10 Å². The molecule has 0 saturated carbocycles. The van der Waals surface area contributed by atoms with Crippen LogP contribution in [0.25, 0.3) is 0 Å². The number of carbonyl (C=O) groups is 2. The van der Waals surface area contributed by atoms with Crippen LogP contribution < -0.4 is 0 Å². The minimum Gasteiger partial charge on any atom is -0.375 e. The van der Waals surface area contributed by atoms with Crippen molar-refractivity contribution in [2.75, 3.05) is 26.8 Å². The van der Waals surface area contributed by atoms with Crippen molar-refractivity contribution in [3.05, 3.63) is 10.6 Å². The zero-order valence-electron chi connectivity index (χ0n) is 10.3. The van der Waals surface area contributed by atoms with Crippen LogP contribution in [0.1, 0.15) is 21.8 Å². The molecule has 7 nitrogen and oxygen atoms in total. The fourth-order valence-electron chi connectivity index (χ4n) is 1.83. The van der Waals surface area contributed by atoms with E-state index in [1.807, 2.05) is 0 Å². The Balaban J connectivity index is 2.15. The van der Waals surface area contributed by atoms with Gasteiger partial charge < -0.3 is 4.74 Å². The molecular formula is C10H14N4O3S. The van der Waals surface area contributed by atoms with Crippen molar-refractivity contribution in [2.24, 2.45) is 0 Å². The summed E-state index contributed by atoms with van der Waals surface area (Å²) < 4.78 is 8.54. The Morgan fingerprint density at radius 3 is 2.72 bits per heavy atom. The Morgan fingerprint density at radius 1 is 1.39 bits per heavy atom. The number of rotatable bonds is 3. The number of carbonyl (C=O) groups excluding carboxylic acids is 2. The topological polar surface area (TPSA) is 75.6 Å². The maximum absolute atomic E-state index is 12.3. The second kappa shape index (κ2) is 5.40. The molecule has 0 unspecified atom stereocenters. The zero-order chi connectivity index (χ0) is 13.1. The van der Waals surface area contributed by atoms with Crippen LogP contribution in [-0.4, -0.2) is 58.2 Å². The molecule has 0 spiro atoms. The van der Waals surface area contributed by atoms with Gasteiger partial charge in [-0.25, -0.2) is 10.0 Å². The summed E-state index contributed by atoms with van der Waals surface area (Å²) in [5.41, 5.74) is 0.594. The Morgan fingerprint density at radius 2 is 2.11 bits per heavy atom. The number of amides is 2. The monoisotopic (exact) mass is 270 g/mol. The number of hydrogen-bond acceptors (Lipinski definition) is 6. The van der Waals surface area contributed by atoms with Crippen LogP contribution >= 0.6 is 11.5 Å². The van der Waals surface area contributed by atoms with Crippen molar-refractivity contribution in [3.63, 3.8) is 0 Å². The lowest BCUT2D eigenvalue weighted by Gasteiger charge is -2.27. The van der Waals surface area contributed by atoms with E-state index in [4.69, 9.17) is 4.74 Å². The van der Waals surface area contributed by atoms with Crippen molar-refractivity contribution in [2.45, 2.75) is 13.3 Å². The quantitative estimate of drug-likeness (QED) is 0.777. The van der Waals surface area contributed by atoms with E-state index in [0.29, 0.717) is 23.7 Å². The van der Waals surface area contributed by atoms with Gasteiger partial charge in [-0.1, -0.05) is 4.49 Å². The molecule has 1 saturated heterocycles. The number of hydrazine groups is 1. The summed E-state index contributed by atoms with van der Waals surface area (Å²) >= 11 is 1.05. The lowest BCUT2D eigenvalue weighted by molar-refractivity contribution is -0.144. The Labute approximate surface area is 108 Å². The highest BCUT2D eigenvalue weighted by Gasteiger charge is 2.32. The molecule has 2 rings (SSSR count). The van der Waals surface area contributed by atoms with Crippen molar-refractivity contribution in [3.8, 4) is 0 Å². The predicted molar refractivity (Wildman–Crippen MR) is 63.9 cm³/mol. The lowest BCUT2D eigenvalue weighted by Crippen LogP contribution is -2.46. The maximum atomic E-state index is 12.3. The maximum Gasteiger partial charge on any atom is 0.286 e. The first kappa shape index (κ1) is 12.9. The van der Waals surface area contributed by atoms with Crippen LogP contribution in [0.15, 0.2) is 0 Å². The molecular weight excluding hydrogens is 256 g/mol. The lowest BCUT2D eigenvalue weighted by atomic mass is 10.3.